The lowest BCUT2D eigenvalue weighted by Crippen LogP contribution is -2.34. The summed E-state index contributed by atoms with van der Waals surface area (Å²) >= 11 is 8.59. The SMILES string of the molecule is O=C(NC(=S)Nc1cccc2ccccc12)c1ccc(Br)cc1. The lowest BCUT2D eigenvalue weighted by Gasteiger charge is -2.12. The molecule has 0 bridgehead atoms. The van der Waals surface area contributed by atoms with Crippen LogP contribution in [0.15, 0.2) is 71.2 Å². The van der Waals surface area contributed by atoms with Crippen molar-refractivity contribution in [2.45, 2.75) is 0 Å². The van der Waals surface area contributed by atoms with Crippen LogP contribution in [0, 0.1) is 0 Å². The summed E-state index contributed by atoms with van der Waals surface area (Å²) in [5.41, 5.74) is 1.42. The van der Waals surface area contributed by atoms with Gasteiger partial charge in [-0.1, -0.05) is 52.3 Å². The first-order valence-electron chi connectivity index (χ1n) is 6.99. The molecule has 0 heterocycles. The number of carbonyl (C=O) groups excluding carboxylic acids is 1. The standard InChI is InChI=1S/C18H13BrN2OS/c19-14-10-8-13(9-11-14)17(22)21-18(23)20-16-7-3-5-12-4-1-2-6-15(12)16/h1-11H,(H2,20,21,22,23). The van der Waals surface area contributed by atoms with Gasteiger partial charge in [0.25, 0.3) is 5.91 Å². The minimum absolute atomic E-state index is 0.241. The van der Waals surface area contributed by atoms with Crippen LogP contribution < -0.4 is 10.6 Å². The smallest absolute Gasteiger partial charge is 0.257 e. The van der Waals surface area contributed by atoms with Crippen molar-refractivity contribution in [3.8, 4) is 0 Å². The van der Waals surface area contributed by atoms with Crippen molar-refractivity contribution >= 4 is 55.6 Å². The first-order valence-corrected chi connectivity index (χ1v) is 8.19. The maximum Gasteiger partial charge on any atom is 0.257 e. The molecule has 0 radical (unpaired) electrons. The molecule has 0 saturated carbocycles. The van der Waals surface area contributed by atoms with Crippen molar-refractivity contribution in [2.24, 2.45) is 0 Å². The summed E-state index contributed by atoms with van der Waals surface area (Å²) in [5, 5.41) is 8.22. The summed E-state index contributed by atoms with van der Waals surface area (Å²) in [6, 6.07) is 21.0. The predicted octanol–water partition coefficient (Wildman–Crippen LogP) is 4.73. The molecule has 0 atom stereocenters. The number of hydrogen-bond donors (Lipinski definition) is 2. The Hall–Kier alpha value is -2.24. The molecule has 5 heteroatoms. The van der Waals surface area contributed by atoms with Crippen molar-refractivity contribution in [1.29, 1.82) is 0 Å². The molecule has 2 N–H and O–H groups in total. The Morgan fingerprint density at radius 1 is 0.913 bits per heavy atom. The van der Waals surface area contributed by atoms with Gasteiger partial charge in [0.1, 0.15) is 0 Å². The van der Waals surface area contributed by atoms with Gasteiger partial charge in [0.05, 0.1) is 0 Å². The van der Waals surface area contributed by atoms with E-state index in [4.69, 9.17) is 12.2 Å². The Bertz CT molecular complexity index is 872. The Balaban J connectivity index is 1.74. The molecule has 3 nitrogen and oxygen atoms in total. The quantitative estimate of drug-likeness (QED) is 0.627. The molecule has 1 amide bonds. The van der Waals surface area contributed by atoms with Crippen LogP contribution in [0.5, 0.6) is 0 Å². The van der Waals surface area contributed by atoms with Gasteiger partial charge in [-0.3, -0.25) is 10.1 Å². The number of thiocarbonyl (C=S) groups is 1. The zero-order chi connectivity index (χ0) is 16.2. The summed E-state index contributed by atoms with van der Waals surface area (Å²) in [5.74, 6) is -0.241. The van der Waals surface area contributed by atoms with E-state index < -0.39 is 0 Å². The van der Waals surface area contributed by atoms with Gasteiger partial charge in [0.2, 0.25) is 0 Å². The highest BCUT2D eigenvalue weighted by Crippen LogP contribution is 2.22. The Morgan fingerprint density at radius 3 is 2.39 bits per heavy atom. The predicted molar refractivity (Wildman–Crippen MR) is 102 cm³/mol. The number of nitrogens with one attached hydrogen (secondary N) is 2. The van der Waals surface area contributed by atoms with Gasteiger partial charge in [0.15, 0.2) is 5.11 Å². The van der Waals surface area contributed by atoms with E-state index >= 15 is 0 Å². The first kappa shape index (κ1) is 15.6. The van der Waals surface area contributed by atoms with Crippen molar-refractivity contribution in [3.05, 3.63) is 76.8 Å². The number of benzene rings is 3. The van der Waals surface area contributed by atoms with Gasteiger partial charge in [-0.2, -0.15) is 0 Å². The van der Waals surface area contributed by atoms with Crippen LogP contribution in [0.4, 0.5) is 5.69 Å². The second kappa shape index (κ2) is 6.89. The van der Waals surface area contributed by atoms with Crippen molar-refractivity contribution in [3.63, 3.8) is 0 Å². The molecule has 114 valence electrons. The molecule has 0 spiro atoms. The van der Waals surface area contributed by atoms with Crippen LogP contribution in [0.2, 0.25) is 0 Å². The van der Waals surface area contributed by atoms with Gasteiger partial charge < -0.3 is 5.32 Å². The van der Waals surface area contributed by atoms with E-state index in [0.717, 1.165) is 20.9 Å². The number of anilines is 1. The third kappa shape index (κ3) is 3.75. The Morgan fingerprint density at radius 2 is 1.61 bits per heavy atom. The molecule has 0 aliphatic heterocycles. The van der Waals surface area contributed by atoms with Crippen LogP contribution in [0.1, 0.15) is 10.4 Å². The largest absolute Gasteiger partial charge is 0.332 e. The highest BCUT2D eigenvalue weighted by atomic mass is 79.9. The van der Waals surface area contributed by atoms with Crippen LogP contribution in [0.25, 0.3) is 10.8 Å². The van der Waals surface area contributed by atoms with Crippen LogP contribution >= 0.6 is 28.1 Å². The fraction of sp³-hybridized carbons (Fsp3) is 0. The second-order valence-electron chi connectivity index (χ2n) is 4.94. The second-order valence-corrected chi connectivity index (χ2v) is 6.27. The number of amides is 1. The van der Waals surface area contributed by atoms with E-state index in [2.05, 4.69) is 26.6 Å². The minimum Gasteiger partial charge on any atom is -0.332 e. The Labute approximate surface area is 147 Å². The van der Waals surface area contributed by atoms with E-state index in [-0.39, 0.29) is 11.0 Å². The molecule has 0 aromatic heterocycles. The number of halogens is 1. The lowest BCUT2D eigenvalue weighted by molar-refractivity contribution is 0.0977. The zero-order valence-corrected chi connectivity index (χ0v) is 14.4. The van der Waals surface area contributed by atoms with E-state index in [1.807, 2.05) is 54.6 Å². The lowest BCUT2D eigenvalue weighted by atomic mass is 10.1. The highest BCUT2D eigenvalue weighted by Gasteiger charge is 2.08. The molecule has 3 aromatic carbocycles. The van der Waals surface area contributed by atoms with Crippen molar-refractivity contribution < 1.29 is 4.79 Å². The van der Waals surface area contributed by atoms with Gasteiger partial charge in [-0.25, -0.2) is 0 Å². The number of fused-ring (bicyclic) bond motifs is 1. The van der Waals surface area contributed by atoms with Gasteiger partial charge in [-0.05, 0) is 47.9 Å². The summed E-state index contributed by atoms with van der Waals surface area (Å²) in [6.07, 6.45) is 0. The minimum atomic E-state index is -0.241. The molecular weight excluding hydrogens is 372 g/mol. The van der Waals surface area contributed by atoms with E-state index in [0.29, 0.717) is 5.56 Å². The summed E-state index contributed by atoms with van der Waals surface area (Å²) in [4.78, 5) is 12.2. The molecule has 0 unspecified atom stereocenters. The van der Waals surface area contributed by atoms with E-state index in [1.54, 1.807) is 12.1 Å². The topological polar surface area (TPSA) is 41.1 Å². The molecule has 3 aromatic rings. The van der Waals surface area contributed by atoms with Gasteiger partial charge in [0, 0.05) is 21.1 Å². The molecule has 23 heavy (non-hydrogen) atoms. The summed E-state index contributed by atoms with van der Waals surface area (Å²) in [6.45, 7) is 0. The number of carbonyl (C=O) groups is 1. The van der Waals surface area contributed by atoms with Gasteiger partial charge in [-0.15, -0.1) is 0 Å². The van der Waals surface area contributed by atoms with Crippen molar-refractivity contribution in [2.75, 3.05) is 5.32 Å². The molecule has 0 fully saturated rings. The fourth-order valence-electron chi connectivity index (χ4n) is 2.26. The van der Waals surface area contributed by atoms with Crippen molar-refractivity contribution in [1.82, 2.24) is 5.32 Å². The average molecular weight is 385 g/mol. The normalized spacial score (nSPS) is 10.3. The highest BCUT2D eigenvalue weighted by molar-refractivity contribution is 9.10. The van der Waals surface area contributed by atoms with E-state index in [9.17, 15) is 4.79 Å². The monoisotopic (exact) mass is 384 g/mol. The summed E-state index contributed by atoms with van der Waals surface area (Å²) < 4.78 is 0.922. The van der Waals surface area contributed by atoms with Gasteiger partial charge >= 0.3 is 0 Å². The third-order valence-corrected chi connectivity index (χ3v) is 4.10. The molecule has 3 rings (SSSR count). The molecule has 0 saturated heterocycles. The fourth-order valence-corrected chi connectivity index (χ4v) is 2.73. The van der Waals surface area contributed by atoms with E-state index in [1.165, 1.54) is 0 Å². The van der Waals surface area contributed by atoms with Crippen LogP contribution in [-0.4, -0.2) is 11.0 Å². The maximum atomic E-state index is 12.2. The number of hydrogen-bond acceptors (Lipinski definition) is 2. The number of rotatable bonds is 2. The third-order valence-electron chi connectivity index (χ3n) is 3.37. The first-order chi connectivity index (χ1) is 11.1. The zero-order valence-electron chi connectivity index (χ0n) is 12.0. The molecule has 0 aliphatic carbocycles. The molecular formula is C18H13BrN2OS. The molecule has 0 aliphatic rings. The summed E-state index contributed by atoms with van der Waals surface area (Å²) in [7, 11) is 0. The average Bonchev–Trinajstić information content (AvgIpc) is 2.55. The van der Waals surface area contributed by atoms with Crippen LogP contribution in [-0.2, 0) is 0 Å². The van der Waals surface area contributed by atoms with Crippen LogP contribution in [0.3, 0.4) is 0 Å². The Kier molecular flexibility index (Phi) is 4.69. The maximum absolute atomic E-state index is 12.2.